The standard InChI is InChI=1S/C39H43ClN4O8/c1-21-13-24-14-26-28(17-41)44-27(34(43(26)3)32(24)38(35(21)48-5)49-19-47-4)15-25-33(29(44)18-42-30(45)12-11-23-9-7-6-8-10-23)39-37(50-20-51-39)22(2)36(25)52-31(46)16-40/h6-10,13,26-29,34H,11-12,14-16,18-20H2,1-5H3,(H,42,45)/t26-,27?,28+,29+,34-/m1/s1. The number of carbonyl (C=O) groups excluding carboxylic acids is 2. The number of nitrogens with zero attached hydrogens (tertiary/aromatic N) is 3. The fourth-order valence-corrected chi connectivity index (χ4v) is 8.80. The Balaban J connectivity index is 1.39. The SMILES string of the molecule is COCOc1c(OC)c(C)cc2c1[C@H]1C3Cc4c(OC(=O)CCl)c(C)c5c(c4[C@H](CNC(=O)CCc4ccccc4)N3[C@@H](C#N)[C@@H](C2)N1C)OCO5. The smallest absolute Gasteiger partial charge is 0.326 e. The van der Waals surface area contributed by atoms with Crippen LogP contribution in [0.2, 0.25) is 0 Å². The molecule has 2 bridgehead atoms. The second-order valence-corrected chi connectivity index (χ2v) is 13.9. The van der Waals surface area contributed by atoms with Crippen LogP contribution in [-0.2, 0) is 33.6 Å². The summed E-state index contributed by atoms with van der Waals surface area (Å²) in [6.07, 6.45) is 1.85. The fourth-order valence-electron chi connectivity index (χ4n) is 8.75. The number of nitrogens with one attached hydrogen (secondary N) is 1. The third-order valence-electron chi connectivity index (χ3n) is 10.9. The van der Waals surface area contributed by atoms with Crippen LogP contribution in [0.15, 0.2) is 36.4 Å². The minimum Gasteiger partial charge on any atom is -0.493 e. The molecule has 1 fully saturated rings. The van der Waals surface area contributed by atoms with Gasteiger partial charge in [-0.1, -0.05) is 36.4 Å². The first-order chi connectivity index (χ1) is 25.2. The topological polar surface area (TPSA) is 132 Å². The van der Waals surface area contributed by atoms with Crippen molar-refractivity contribution in [3.63, 3.8) is 0 Å². The number of halogens is 1. The lowest BCUT2D eigenvalue weighted by Gasteiger charge is -2.60. The molecule has 0 radical (unpaired) electrons. The Morgan fingerprint density at radius 2 is 1.81 bits per heavy atom. The minimum atomic E-state index is -0.603. The minimum absolute atomic E-state index is 0.0164. The summed E-state index contributed by atoms with van der Waals surface area (Å²) in [7, 11) is 5.24. The molecule has 1 saturated heterocycles. The molecule has 4 aliphatic heterocycles. The van der Waals surface area contributed by atoms with Crippen molar-refractivity contribution in [3.05, 3.63) is 75.3 Å². The van der Waals surface area contributed by atoms with Crippen LogP contribution < -0.4 is 29.0 Å². The maximum Gasteiger partial charge on any atom is 0.326 e. The summed E-state index contributed by atoms with van der Waals surface area (Å²) < 4.78 is 35.7. The summed E-state index contributed by atoms with van der Waals surface area (Å²) >= 11 is 5.97. The highest BCUT2D eigenvalue weighted by Gasteiger charge is 2.57. The van der Waals surface area contributed by atoms with E-state index >= 15 is 0 Å². The molecular weight excluding hydrogens is 688 g/mol. The Labute approximate surface area is 308 Å². The third kappa shape index (κ3) is 6.09. The highest BCUT2D eigenvalue weighted by molar-refractivity contribution is 6.26. The third-order valence-corrected chi connectivity index (χ3v) is 11.1. The molecule has 0 spiro atoms. The van der Waals surface area contributed by atoms with E-state index in [1.165, 1.54) is 0 Å². The van der Waals surface area contributed by atoms with Crippen molar-refractivity contribution in [3.8, 4) is 34.8 Å². The van der Waals surface area contributed by atoms with Crippen molar-refractivity contribution in [2.45, 2.75) is 69.7 Å². The van der Waals surface area contributed by atoms with Gasteiger partial charge in [-0.2, -0.15) is 5.26 Å². The molecule has 13 heteroatoms. The zero-order valence-corrected chi connectivity index (χ0v) is 30.7. The van der Waals surface area contributed by atoms with Gasteiger partial charge in [-0.15, -0.1) is 11.6 Å². The van der Waals surface area contributed by atoms with E-state index in [-0.39, 0.29) is 50.0 Å². The van der Waals surface area contributed by atoms with E-state index in [0.717, 1.165) is 33.4 Å². The number of nitriles is 1. The number of benzene rings is 3. The van der Waals surface area contributed by atoms with E-state index in [9.17, 15) is 14.9 Å². The molecule has 3 aromatic carbocycles. The lowest BCUT2D eigenvalue weighted by Crippen LogP contribution is -2.68. The first-order valence-electron chi connectivity index (χ1n) is 17.5. The van der Waals surface area contributed by atoms with Gasteiger partial charge in [-0.3, -0.25) is 19.4 Å². The van der Waals surface area contributed by atoms with Gasteiger partial charge in [0, 0.05) is 54.4 Å². The largest absolute Gasteiger partial charge is 0.493 e. The Bertz CT molecular complexity index is 1920. The first kappa shape index (κ1) is 35.8. The average Bonchev–Trinajstić information content (AvgIpc) is 3.64. The number of fused-ring (bicyclic) bond motifs is 9. The fraction of sp³-hybridized carbons (Fsp3) is 0.462. The van der Waals surface area contributed by atoms with Crippen molar-refractivity contribution in [1.82, 2.24) is 15.1 Å². The molecule has 4 aliphatic rings. The van der Waals surface area contributed by atoms with Crippen molar-refractivity contribution >= 4 is 23.5 Å². The van der Waals surface area contributed by atoms with Gasteiger partial charge in [0.15, 0.2) is 29.8 Å². The quantitative estimate of drug-likeness (QED) is 0.128. The van der Waals surface area contributed by atoms with Gasteiger partial charge in [0.05, 0.1) is 25.3 Å². The van der Waals surface area contributed by atoms with Crippen molar-refractivity contribution in [2.24, 2.45) is 0 Å². The maximum atomic E-state index is 13.5. The number of aryl methyl sites for hydroxylation is 2. The van der Waals surface area contributed by atoms with Crippen LogP contribution in [0, 0.1) is 25.2 Å². The van der Waals surface area contributed by atoms with Crippen molar-refractivity contribution < 1.29 is 38.0 Å². The molecule has 1 unspecified atom stereocenters. The van der Waals surface area contributed by atoms with E-state index in [2.05, 4.69) is 27.3 Å². The van der Waals surface area contributed by atoms with E-state index in [1.807, 2.05) is 51.2 Å². The number of hydrogen-bond acceptors (Lipinski definition) is 11. The number of rotatable bonds is 11. The Kier molecular flexibility index (Phi) is 10.2. The molecule has 5 atom stereocenters. The van der Waals surface area contributed by atoms with Gasteiger partial charge in [-0.25, -0.2) is 0 Å². The summed E-state index contributed by atoms with van der Waals surface area (Å²) in [5, 5.41) is 14.2. The molecule has 52 heavy (non-hydrogen) atoms. The normalized spacial score (nSPS) is 22.8. The second kappa shape index (κ2) is 14.8. The predicted octanol–water partition coefficient (Wildman–Crippen LogP) is 4.69. The first-order valence-corrected chi connectivity index (χ1v) is 18.0. The van der Waals surface area contributed by atoms with Crippen molar-refractivity contribution in [2.75, 3.05) is 47.3 Å². The van der Waals surface area contributed by atoms with Gasteiger partial charge in [0.25, 0.3) is 0 Å². The van der Waals surface area contributed by atoms with Crippen LogP contribution in [0.5, 0.6) is 28.7 Å². The number of alkyl halides is 1. The average molecular weight is 731 g/mol. The van der Waals surface area contributed by atoms with Gasteiger partial charge >= 0.3 is 5.97 Å². The van der Waals surface area contributed by atoms with Crippen molar-refractivity contribution in [1.29, 1.82) is 5.26 Å². The summed E-state index contributed by atoms with van der Waals surface area (Å²) in [4.78, 5) is 30.8. The zero-order chi connectivity index (χ0) is 36.7. The molecule has 7 rings (SSSR count). The molecule has 0 saturated carbocycles. The molecular formula is C39H43ClN4O8. The number of hydrogen-bond donors (Lipinski definition) is 1. The van der Waals surface area contributed by atoms with E-state index in [4.69, 9.17) is 40.0 Å². The summed E-state index contributed by atoms with van der Waals surface area (Å²) in [6.45, 7) is 3.99. The van der Waals surface area contributed by atoms with Gasteiger partial charge < -0.3 is 33.7 Å². The van der Waals surface area contributed by atoms with Crippen LogP contribution in [0.25, 0.3) is 0 Å². The zero-order valence-electron chi connectivity index (χ0n) is 30.0. The number of ether oxygens (including phenoxy) is 6. The summed E-state index contributed by atoms with van der Waals surface area (Å²) in [6, 6.07) is 12.7. The number of esters is 1. The second-order valence-electron chi connectivity index (χ2n) is 13.7. The summed E-state index contributed by atoms with van der Waals surface area (Å²) in [5.74, 6) is 1.51. The molecule has 0 aliphatic carbocycles. The molecule has 1 amide bonds. The number of carbonyl (C=O) groups is 2. The van der Waals surface area contributed by atoms with Crippen LogP contribution in [0.3, 0.4) is 0 Å². The van der Waals surface area contributed by atoms with Crippen LogP contribution >= 0.6 is 11.6 Å². The van der Waals surface area contributed by atoms with Crippen LogP contribution in [0.1, 0.15) is 57.4 Å². The van der Waals surface area contributed by atoms with E-state index in [1.54, 1.807) is 14.2 Å². The molecule has 0 aromatic heterocycles. The predicted molar refractivity (Wildman–Crippen MR) is 191 cm³/mol. The Morgan fingerprint density at radius 1 is 1.04 bits per heavy atom. The van der Waals surface area contributed by atoms with E-state index < -0.39 is 18.1 Å². The van der Waals surface area contributed by atoms with Crippen LogP contribution in [-0.4, -0.2) is 87.1 Å². The molecule has 1 N–H and O–H groups in total. The number of methoxy groups -OCH3 is 2. The van der Waals surface area contributed by atoms with E-state index in [0.29, 0.717) is 60.0 Å². The molecule has 4 heterocycles. The Hall–Kier alpha value is -4.54. The Morgan fingerprint density at radius 3 is 2.52 bits per heavy atom. The summed E-state index contributed by atoms with van der Waals surface area (Å²) in [5.41, 5.74) is 6.12. The highest BCUT2D eigenvalue weighted by Crippen LogP contribution is 2.58. The monoisotopic (exact) mass is 730 g/mol. The van der Waals surface area contributed by atoms with Crippen LogP contribution in [0.4, 0.5) is 0 Å². The van der Waals surface area contributed by atoms with Gasteiger partial charge in [-0.05, 0) is 56.8 Å². The molecule has 12 nitrogen and oxygen atoms in total. The maximum absolute atomic E-state index is 13.5. The number of amides is 1. The molecule has 3 aromatic rings. The van der Waals surface area contributed by atoms with Gasteiger partial charge in [0.2, 0.25) is 12.7 Å². The highest BCUT2D eigenvalue weighted by atomic mass is 35.5. The lowest BCUT2D eigenvalue weighted by molar-refractivity contribution is -0.131. The molecule has 274 valence electrons. The lowest BCUT2D eigenvalue weighted by atomic mass is 9.71. The number of likely N-dealkylation sites (N-methyl/N-ethyl adjacent to an activating group) is 1. The van der Waals surface area contributed by atoms with Gasteiger partial charge in [0.1, 0.15) is 17.7 Å². The number of piperazine rings is 1.